The summed E-state index contributed by atoms with van der Waals surface area (Å²) in [5.74, 6) is 0. The molecule has 0 saturated carbocycles. The van der Waals surface area contributed by atoms with Crippen molar-refractivity contribution < 1.29 is 4.70 Å². The van der Waals surface area contributed by atoms with E-state index in [2.05, 4.69) is 76.2 Å². The monoisotopic (exact) mass is 639 g/mol. The molecule has 2 aromatic carbocycles. The Morgan fingerprint density at radius 2 is 0.851 bits per heavy atom. The zero-order chi connectivity index (χ0) is 33.5. The quantitative estimate of drug-likeness (QED) is 0.0687. The van der Waals surface area contributed by atoms with Gasteiger partial charge in [0.25, 0.3) is 0 Å². The van der Waals surface area contributed by atoms with Crippen LogP contribution in [0, 0.1) is 6.92 Å². The first-order valence-corrected chi connectivity index (χ1v) is 20.2. The number of allylic oxidation sites excluding steroid dienone is 2. The van der Waals surface area contributed by atoms with Gasteiger partial charge in [0, 0.05) is 22.3 Å². The number of hydrogen-bond donors (Lipinski definition) is 0. The van der Waals surface area contributed by atoms with E-state index in [-0.39, 0.29) is 0 Å². The Morgan fingerprint density at radius 3 is 1.34 bits per heavy atom. The molecule has 0 N–H and O–H groups in total. The summed E-state index contributed by atoms with van der Waals surface area (Å²) in [6.45, 7) is 8.99. The Labute approximate surface area is 291 Å². The van der Waals surface area contributed by atoms with E-state index < -0.39 is 0 Å². The van der Waals surface area contributed by atoms with Crippen LogP contribution in [-0.4, -0.2) is 4.70 Å². The second kappa shape index (κ2) is 23.8. The van der Waals surface area contributed by atoms with Crippen LogP contribution in [0.2, 0.25) is 0 Å². The standard InChI is InChI=1S/C45H70N2/c1-5-8-11-12-13-14-15-16-17-18-19-20-21-22-23-24-25-26-35-43-42(34-10-7-3)45(41-33-28-31-39(37-41)30-9-6-2)47(46)44(43)40-32-27-29-38(4)36-40/h27-29,31-33,36-37H,5-26,30,34-35H2,1-4H3. The van der Waals surface area contributed by atoms with Gasteiger partial charge in [-0.15, -0.1) is 0 Å². The van der Waals surface area contributed by atoms with Gasteiger partial charge in [-0.2, -0.15) is 0 Å². The van der Waals surface area contributed by atoms with Crippen LogP contribution in [0.4, 0.5) is 0 Å². The number of rotatable bonds is 27. The SMILES string of the molecule is CCCCCCCCCCCCCCCCCCCCC1=C(c2cccc(C)c2)[N+](=[N-])C(c2cccc(CCCC)c2)=C1CCCC. The minimum atomic E-state index is 1.01. The fourth-order valence-corrected chi connectivity index (χ4v) is 7.39. The largest absolute Gasteiger partial charge is 0.493 e. The lowest BCUT2D eigenvalue weighted by atomic mass is 9.91. The topological polar surface area (TPSA) is 25.3 Å². The van der Waals surface area contributed by atoms with Gasteiger partial charge in [0.2, 0.25) is 11.4 Å². The Hall–Kier alpha value is -2.48. The molecule has 0 saturated heterocycles. The van der Waals surface area contributed by atoms with E-state index in [0.717, 1.165) is 54.6 Å². The Morgan fingerprint density at radius 1 is 0.447 bits per heavy atom. The normalized spacial score (nSPS) is 13.4. The third-order valence-corrected chi connectivity index (χ3v) is 10.2. The third kappa shape index (κ3) is 13.9. The molecular weight excluding hydrogens is 569 g/mol. The molecule has 0 fully saturated rings. The molecule has 0 atom stereocenters. The van der Waals surface area contributed by atoms with Crippen LogP contribution in [0.15, 0.2) is 59.7 Å². The summed E-state index contributed by atoms with van der Waals surface area (Å²) < 4.78 is 1.56. The number of unbranched alkanes of at least 4 members (excludes halogenated alkanes) is 19. The molecule has 3 rings (SSSR count). The first-order valence-electron chi connectivity index (χ1n) is 20.2. The summed E-state index contributed by atoms with van der Waals surface area (Å²) in [7, 11) is 0. The Balaban J connectivity index is 1.51. The van der Waals surface area contributed by atoms with E-state index in [9.17, 15) is 5.53 Å². The zero-order valence-electron chi connectivity index (χ0n) is 31.2. The van der Waals surface area contributed by atoms with Crippen LogP contribution in [0.25, 0.3) is 16.9 Å². The highest BCUT2D eigenvalue weighted by atomic mass is 15.2. The van der Waals surface area contributed by atoms with Crippen LogP contribution in [0.1, 0.15) is 197 Å². The van der Waals surface area contributed by atoms with Gasteiger partial charge < -0.3 is 5.53 Å². The van der Waals surface area contributed by atoms with Crippen LogP contribution in [0.5, 0.6) is 0 Å². The van der Waals surface area contributed by atoms with Crippen molar-refractivity contribution >= 4 is 11.4 Å². The van der Waals surface area contributed by atoms with E-state index in [1.54, 1.807) is 4.70 Å². The van der Waals surface area contributed by atoms with Crippen molar-refractivity contribution in [1.29, 1.82) is 0 Å². The van der Waals surface area contributed by atoms with Gasteiger partial charge in [-0.1, -0.05) is 173 Å². The molecule has 260 valence electrons. The summed E-state index contributed by atoms with van der Waals surface area (Å²) in [4.78, 5) is 0. The minimum Gasteiger partial charge on any atom is -0.493 e. The molecule has 0 aliphatic carbocycles. The highest BCUT2D eigenvalue weighted by Crippen LogP contribution is 2.44. The molecule has 0 spiro atoms. The summed E-state index contributed by atoms with van der Waals surface area (Å²) in [5.41, 5.74) is 21.6. The molecule has 2 nitrogen and oxygen atoms in total. The van der Waals surface area contributed by atoms with Gasteiger partial charge in [-0.3, -0.25) is 0 Å². The van der Waals surface area contributed by atoms with E-state index in [1.165, 1.54) is 151 Å². The predicted octanol–water partition coefficient (Wildman–Crippen LogP) is 15.1. The number of benzene rings is 2. The average Bonchev–Trinajstić information content (AvgIpc) is 3.36. The first kappa shape index (κ1) is 39.0. The number of aryl methyl sites for hydroxylation is 2. The van der Waals surface area contributed by atoms with Crippen molar-refractivity contribution in [3.05, 3.63) is 87.5 Å². The maximum atomic E-state index is 11.9. The second-order valence-corrected chi connectivity index (χ2v) is 14.5. The van der Waals surface area contributed by atoms with E-state index >= 15 is 0 Å². The Bertz CT molecular complexity index is 1230. The Kier molecular flexibility index (Phi) is 19.7. The van der Waals surface area contributed by atoms with Gasteiger partial charge in [0.05, 0.1) is 0 Å². The number of hydrogen-bond acceptors (Lipinski definition) is 0. The molecule has 1 aliphatic rings. The molecular formula is C45H70N2. The van der Waals surface area contributed by atoms with Gasteiger partial charge in [-0.25, -0.2) is 4.70 Å². The average molecular weight is 639 g/mol. The summed E-state index contributed by atoms with van der Waals surface area (Å²) >= 11 is 0. The smallest absolute Gasteiger partial charge is 0.211 e. The van der Waals surface area contributed by atoms with Crippen molar-refractivity contribution in [3.63, 3.8) is 0 Å². The molecule has 0 radical (unpaired) electrons. The molecule has 1 heterocycles. The molecule has 2 heteroatoms. The lowest BCUT2D eigenvalue weighted by Crippen LogP contribution is -2.03. The highest BCUT2D eigenvalue weighted by molar-refractivity contribution is 5.82. The molecule has 2 aromatic rings. The maximum absolute atomic E-state index is 11.9. The molecule has 0 amide bonds. The molecule has 1 aliphatic heterocycles. The maximum Gasteiger partial charge on any atom is 0.211 e. The van der Waals surface area contributed by atoms with Gasteiger partial charge >= 0.3 is 0 Å². The van der Waals surface area contributed by atoms with Crippen molar-refractivity contribution in [3.8, 4) is 0 Å². The van der Waals surface area contributed by atoms with Crippen molar-refractivity contribution in [2.45, 2.75) is 188 Å². The van der Waals surface area contributed by atoms with Gasteiger partial charge in [-0.05, 0) is 75.3 Å². The van der Waals surface area contributed by atoms with E-state index in [0.29, 0.717) is 0 Å². The fraction of sp³-hybridized carbons (Fsp3) is 0.644. The van der Waals surface area contributed by atoms with Crippen molar-refractivity contribution in [1.82, 2.24) is 0 Å². The summed E-state index contributed by atoms with van der Waals surface area (Å²) in [6, 6.07) is 17.7. The van der Waals surface area contributed by atoms with Crippen LogP contribution in [0.3, 0.4) is 0 Å². The van der Waals surface area contributed by atoms with Gasteiger partial charge in [0.15, 0.2) is 0 Å². The summed E-state index contributed by atoms with van der Waals surface area (Å²) in [5, 5.41) is 0. The third-order valence-electron chi connectivity index (χ3n) is 10.2. The minimum absolute atomic E-state index is 1.01. The van der Waals surface area contributed by atoms with Crippen LogP contribution >= 0.6 is 0 Å². The summed E-state index contributed by atoms with van der Waals surface area (Å²) in [6.07, 6.45) is 33.0. The predicted molar refractivity (Wildman–Crippen MR) is 207 cm³/mol. The van der Waals surface area contributed by atoms with E-state index in [4.69, 9.17) is 0 Å². The molecule has 47 heavy (non-hydrogen) atoms. The van der Waals surface area contributed by atoms with Gasteiger partial charge in [0.1, 0.15) is 0 Å². The fourth-order valence-electron chi connectivity index (χ4n) is 7.39. The molecule has 0 aromatic heterocycles. The lowest BCUT2D eigenvalue weighted by Gasteiger charge is -2.11. The van der Waals surface area contributed by atoms with Crippen molar-refractivity contribution in [2.75, 3.05) is 0 Å². The highest BCUT2D eigenvalue weighted by Gasteiger charge is 2.35. The second-order valence-electron chi connectivity index (χ2n) is 14.5. The van der Waals surface area contributed by atoms with Crippen LogP contribution < -0.4 is 0 Å². The molecule has 0 unspecified atom stereocenters. The first-order chi connectivity index (χ1) is 23.1. The molecule has 0 bridgehead atoms. The van der Waals surface area contributed by atoms with Crippen molar-refractivity contribution in [2.24, 2.45) is 0 Å². The number of nitrogens with zero attached hydrogens (tertiary/aromatic N) is 2. The van der Waals surface area contributed by atoms with E-state index in [1.807, 2.05) is 0 Å². The lowest BCUT2D eigenvalue weighted by molar-refractivity contribution is -0.345. The van der Waals surface area contributed by atoms with Crippen LogP contribution in [-0.2, 0) is 6.42 Å². The zero-order valence-corrected chi connectivity index (χ0v) is 31.2.